The molecule has 1 aromatic heterocycles. The van der Waals surface area contributed by atoms with Crippen LogP contribution in [0.15, 0.2) is 77.7 Å². The fraction of sp³-hybridized carbons (Fsp3) is 0.0435. The minimum Gasteiger partial charge on any atom is -0.493 e. The molecule has 32 heavy (non-hydrogen) atoms. The van der Waals surface area contributed by atoms with Gasteiger partial charge in [-0.3, -0.25) is 4.79 Å². The number of amides is 1. The molecule has 1 amide bonds. The number of ether oxygens (including phenoxy) is 2. The first kappa shape index (κ1) is 21.4. The molecule has 0 radical (unpaired) electrons. The van der Waals surface area contributed by atoms with E-state index in [1.165, 1.54) is 31.4 Å². The van der Waals surface area contributed by atoms with Gasteiger partial charge in [0.2, 0.25) is 5.88 Å². The number of halogens is 1. The van der Waals surface area contributed by atoms with Gasteiger partial charge in [0.1, 0.15) is 22.4 Å². The topological polar surface area (TPSA) is 104 Å². The van der Waals surface area contributed by atoms with Crippen LogP contribution in [0.2, 0.25) is 0 Å². The zero-order chi connectivity index (χ0) is 22.7. The van der Waals surface area contributed by atoms with E-state index in [0.29, 0.717) is 16.1 Å². The standard InChI is InChI=1S/C23H18FN3O4S/c1-30-21-12-15(24)9-10-20(21)31-23-18(11-14-5-2-3-8-19(14)27-23)22(28)26-16-6-4-7-17(13-16)32(25)29/h2-13H,25H2,1H3,(H,26,28). The van der Waals surface area contributed by atoms with Gasteiger partial charge in [-0.2, -0.15) is 0 Å². The van der Waals surface area contributed by atoms with E-state index >= 15 is 0 Å². The molecule has 3 N–H and O–H groups in total. The van der Waals surface area contributed by atoms with Crippen molar-refractivity contribution in [3.63, 3.8) is 0 Å². The lowest BCUT2D eigenvalue weighted by atomic mass is 10.1. The lowest BCUT2D eigenvalue weighted by molar-refractivity contribution is 0.102. The van der Waals surface area contributed by atoms with E-state index in [2.05, 4.69) is 10.3 Å². The van der Waals surface area contributed by atoms with Crippen LogP contribution in [-0.4, -0.2) is 22.2 Å². The van der Waals surface area contributed by atoms with Crippen molar-refractivity contribution < 1.29 is 22.9 Å². The van der Waals surface area contributed by atoms with Crippen molar-refractivity contribution >= 4 is 33.5 Å². The minimum atomic E-state index is -1.69. The molecule has 3 aromatic carbocycles. The van der Waals surface area contributed by atoms with Crippen LogP contribution in [0.4, 0.5) is 10.1 Å². The molecule has 0 fully saturated rings. The number of benzene rings is 3. The van der Waals surface area contributed by atoms with Gasteiger partial charge in [0.05, 0.1) is 17.5 Å². The van der Waals surface area contributed by atoms with Crippen LogP contribution in [0.5, 0.6) is 17.4 Å². The predicted molar refractivity (Wildman–Crippen MR) is 120 cm³/mol. The molecule has 1 atom stereocenters. The summed E-state index contributed by atoms with van der Waals surface area (Å²) in [7, 11) is -0.300. The largest absolute Gasteiger partial charge is 0.493 e. The summed E-state index contributed by atoms with van der Waals surface area (Å²) in [6, 6.07) is 19.1. The minimum absolute atomic E-state index is 0.0182. The zero-order valence-corrected chi connectivity index (χ0v) is 17.7. The highest BCUT2D eigenvalue weighted by molar-refractivity contribution is 7.82. The van der Waals surface area contributed by atoms with E-state index in [1.54, 1.807) is 30.3 Å². The maximum atomic E-state index is 13.6. The monoisotopic (exact) mass is 451 g/mol. The summed E-state index contributed by atoms with van der Waals surface area (Å²) in [5.74, 6) is -0.615. The summed E-state index contributed by atoms with van der Waals surface area (Å²) in [5.41, 5.74) is 1.17. The number of methoxy groups -OCH3 is 1. The second-order valence-electron chi connectivity index (χ2n) is 6.71. The zero-order valence-electron chi connectivity index (χ0n) is 16.9. The quantitative estimate of drug-likeness (QED) is 0.452. The number of carbonyl (C=O) groups excluding carboxylic acids is 1. The van der Waals surface area contributed by atoms with Gasteiger partial charge < -0.3 is 14.8 Å². The van der Waals surface area contributed by atoms with Crippen LogP contribution in [-0.2, 0) is 11.0 Å². The summed E-state index contributed by atoms with van der Waals surface area (Å²) in [5, 5.41) is 8.90. The van der Waals surface area contributed by atoms with E-state index in [1.807, 2.05) is 18.2 Å². The number of anilines is 1. The number of hydrogen-bond acceptors (Lipinski definition) is 5. The van der Waals surface area contributed by atoms with Gasteiger partial charge in [-0.05, 0) is 42.5 Å². The van der Waals surface area contributed by atoms with E-state index in [-0.39, 0.29) is 22.9 Å². The van der Waals surface area contributed by atoms with Crippen LogP contribution in [0, 0.1) is 5.82 Å². The van der Waals surface area contributed by atoms with E-state index < -0.39 is 22.7 Å². The summed E-state index contributed by atoms with van der Waals surface area (Å²) >= 11 is 0. The summed E-state index contributed by atoms with van der Waals surface area (Å²) in [6.07, 6.45) is 0. The average molecular weight is 451 g/mol. The Kier molecular flexibility index (Phi) is 6.11. The highest BCUT2D eigenvalue weighted by Crippen LogP contribution is 2.34. The van der Waals surface area contributed by atoms with Crippen molar-refractivity contribution in [2.45, 2.75) is 4.90 Å². The van der Waals surface area contributed by atoms with E-state index in [9.17, 15) is 13.4 Å². The molecule has 4 aromatic rings. The number of pyridine rings is 1. The number of nitrogens with two attached hydrogens (primary N) is 1. The summed E-state index contributed by atoms with van der Waals surface area (Å²) in [4.78, 5) is 18.0. The fourth-order valence-electron chi connectivity index (χ4n) is 3.07. The smallest absolute Gasteiger partial charge is 0.261 e. The molecular formula is C23H18FN3O4S. The molecule has 162 valence electrons. The van der Waals surface area contributed by atoms with Crippen molar-refractivity contribution in [2.24, 2.45) is 5.14 Å². The Labute approximate surface area is 185 Å². The van der Waals surface area contributed by atoms with Crippen LogP contribution in [0.1, 0.15) is 10.4 Å². The molecule has 9 heteroatoms. The van der Waals surface area contributed by atoms with Crippen LogP contribution in [0.3, 0.4) is 0 Å². The van der Waals surface area contributed by atoms with Gasteiger partial charge in [0, 0.05) is 17.1 Å². The molecule has 1 unspecified atom stereocenters. The second-order valence-corrected chi connectivity index (χ2v) is 7.78. The Morgan fingerprint density at radius 1 is 1.03 bits per heavy atom. The Hall–Kier alpha value is -3.82. The van der Waals surface area contributed by atoms with Crippen LogP contribution >= 0.6 is 0 Å². The molecule has 0 saturated carbocycles. The molecule has 0 aliphatic rings. The number of carbonyl (C=O) groups is 1. The first-order valence-corrected chi connectivity index (χ1v) is 10.6. The SMILES string of the molecule is COc1cc(F)ccc1Oc1nc2ccccc2cc1C(=O)Nc1cccc(S(N)=O)c1. The predicted octanol–water partition coefficient (Wildman–Crippen LogP) is 4.41. The number of para-hydroxylation sites is 1. The van der Waals surface area contributed by atoms with Gasteiger partial charge in [-0.1, -0.05) is 24.3 Å². The molecule has 0 aliphatic heterocycles. The molecule has 4 rings (SSSR count). The van der Waals surface area contributed by atoms with Gasteiger partial charge in [0.25, 0.3) is 5.91 Å². The van der Waals surface area contributed by atoms with Crippen molar-refractivity contribution in [3.8, 4) is 17.4 Å². The lowest BCUT2D eigenvalue weighted by Crippen LogP contribution is -2.14. The van der Waals surface area contributed by atoms with Gasteiger partial charge in [-0.25, -0.2) is 18.7 Å². The number of fused-ring (bicyclic) bond motifs is 1. The van der Waals surface area contributed by atoms with E-state index in [0.717, 1.165) is 5.39 Å². The van der Waals surface area contributed by atoms with Gasteiger partial charge in [0.15, 0.2) is 11.5 Å². The summed E-state index contributed by atoms with van der Waals surface area (Å²) in [6.45, 7) is 0. The van der Waals surface area contributed by atoms with Crippen LogP contribution in [0.25, 0.3) is 10.9 Å². The first-order valence-electron chi connectivity index (χ1n) is 9.43. The number of nitrogens with zero attached hydrogens (tertiary/aromatic N) is 1. The average Bonchev–Trinajstić information content (AvgIpc) is 2.79. The van der Waals surface area contributed by atoms with Crippen molar-refractivity contribution in [1.29, 1.82) is 0 Å². The molecule has 0 aliphatic carbocycles. The Balaban J connectivity index is 1.75. The Bertz CT molecular complexity index is 1350. The highest BCUT2D eigenvalue weighted by atomic mass is 32.2. The van der Waals surface area contributed by atoms with Gasteiger partial charge >= 0.3 is 0 Å². The fourth-order valence-corrected chi connectivity index (χ4v) is 3.52. The number of rotatable bonds is 6. The maximum absolute atomic E-state index is 13.6. The Morgan fingerprint density at radius 2 is 1.84 bits per heavy atom. The molecule has 1 heterocycles. The van der Waals surface area contributed by atoms with Gasteiger partial charge in [-0.15, -0.1) is 0 Å². The number of aromatic nitrogens is 1. The van der Waals surface area contributed by atoms with Crippen LogP contribution < -0.4 is 19.9 Å². The van der Waals surface area contributed by atoms with Crippen molar-refractivity contribution in [1.82, 2.24) is 4.98 Å². The van der Waals surface area contributed by atoms with E-state index in [4.69, 9.17) is 14.6 Å². The van der Waals surface area contributed by atoms with Crippen molar-refractivity contribution in [2.75, 3.05) is 12.4 Å². The molecular weight excluding hydrogens is 433 g/mol. The second kappa shape index (κ2) is 9.13. The third kappa shape index (κ3) is 4.58. The summed E-state index contributed by atoms with van der Waals surface area (Å²) < 4.78 is 36.2. The number of nitrogens with one attached hydrogen (secondary N) is 1. The molecule has 0 bridgehead atoms. The number of hydrogen-bond donors (Lipinski definition) is 2. The molecule has 7 nitrogen and oxygen atoms in total. The maximum Gasteiger partial charge on any atom is 0.261 e. The lowest BCUT2D eigenvalue weighted by Gasteiger charge is -2.14. The molecule has 0 spiro atoms. The normalized spacial score (nSPS) is 11.7. The molecule has 0 saturated heterocycles. The Morgan fingerprint density at radius 3 is 2.62 bits per heavy atom. The van der Waals surface area contributed by atoms with Crippen molar-refractivity contribution in [3.05, 3.63) is 84.2 Å². The highest BCUT2D eigenvalue weighted by Gasteiger charge is 2.19. The third-order valence-corrected chi connectivity index (χ3v) is 5.31. The first-order chi connectivity index (χ1) is 15.4. The third-order valence-electron chi connectivity index (χ3n) is 4.59.